The molecule has 0 atom stereocenters. The number of carbonyl (C=O) groups is 1. The maximum Gasteiger partial charge on any atom is 0.513 e. The first-order valence-corrected chi connectivity index (χ1v) is 7.41. The summed E-state index contributed by atoms with van der Waals surface area (Å²) in [6, 6.07) is 5.36. The van der Waals surface area contributed by atoms with Crippen LogP contribution >= 0.6 is 0 Å². The molecule has 0 fully saturated rings. The summed E-state index contributed by atoms with van der Waals surface area (Å²) in [5.41, 5.74) is 1.52. The number of hydrogen-bond donors (Lipinski definition) is 2. The third-order valence-electron chi connectivity index (χ3n) is 3.59. The second kappa shape index (κ2) is 6.07. The summed E-state index contributed by atoms with van der Waals surface area (Å²) in [5, 5.41) is 13.1. The van der Waals surface area contributed by atoms with Gasteiger partial charge in [0.15, 0.2) is 5.65 Å². The second-order valence-corrected chi connectivity index (χ2v) is 5.26. The van der Waals surface area contributed by atoms with Crippen molar-refractivity contribution in [2.45, 2.75) is 32.6 Å². The average molecular weight is 316 g/mol. The van der Waals surface area contributed by atoms with Crippen LogP contribution in [-0.2, 0) is 6.42 Å². The number of aromatic amines is 1. The van der Waals surface area contributed by atoms with Gasteiger partial charge in [0.25, 0.3) is 0 Å². The van der Waals surface area contributed by atoms with Gasteiger partial charge in [0.1, 0.15) is 0 Å². The molecule has 23 heavy (non-hydrogen) atoms. The number of H-pyrrole nitrogens is 1. The Kier molecular flexibility index (Phi) is 3.96. The van der Waals surface area contributed by atoms with Gasteiger partial charge >= 0.3 is 17.9 Å². The van der Waals surface area contributed by atoms with Crippen LogP contribution in [0.5, 0.6) is 6.01 Å². The highest BCUT2D eigenvalue weighted by Crippen LogP contribution is 2.20. The molecule has 0 amide bonds. The summed E-state index contributed by atoms with van der Waals surface area (Å²) >= 11 is 0. The van der Waals surface area contributed by atoms with Gasteiger partial charge in [-0.15, -0.1) is 5.10 Å². The van der Waals surface area contributed by atoms with E-state index in [9.17, 15) is 9.59 Å². The molecule has 8 heteroatoms. The van der Waals surface area contributed by atoms with Crippen LogP contribution in [0.4, 0.5) is 4.79 Å². The van der Waals surface area contributed by atoms with Crippen molar-refractivity contribution in [1.29, 1.82) is 0 Å². The molecule has 8 nitrogen and oxygen atoms in total. The zero-order chi connectivity index (χ0) is 16.4. The monoisotopic (exact) mass is 316 g/mol. The van der Waals surface area contributed by atoms with Crippen LogP contribution in [-0.4, -0.2) is 30.8 Å². The molecule has 120 valence electrons. The number of nitrogens with zero attached hydrogens (tertiary/aromatic N) is 3. The molecule has 0 saturated carbocycles. The van der Waals surface area contributed by atoms with Gasteiger partial charge in [0.2, 0.25) is 0 Å². The molecule has 2 heterocycles. The van der Waals surface area contributed by atoms with Crippen LogP contribution in [0.25, 0.3) is 16.6 Å². The van der Waals surface area contributed by atoms with Crippen molar-refractivity contribution in [3.05, 3.63) is 34.2 Å². The number of aryl methyl sites for hydroxylation is 1. The van der Waals surface area contributed by atoms with Gasteiger partial charge in [-0.05, 0) is 30.5 Å². The van der Waals surface area contributed by atoms with Crippen molar-refractivity contribution >= 4 is 22.7 Å². The zero-order valence-corrected chi connectivity index (χ0v) is 12.6. The maximum absolute atomic E-state index is 12.0. The Balaban J connectivity index is 2.10. The van der Waals surface area contributed by atoms with E-state index in [4.69, 9.17) is 5.11 Å². The summed E-state index contributed by atoms with van der Waals surface area (Å²) in [6.45, 7) is 2.15. The van der Waals surface area contributed by atoms with Gasteiger partial charge in [0, 0.05) is 5.39 Å². The van der Waals surface area contributed by atoms with E-state index in [0.717, 1.165) is 35.8 Å². The highest BCUT2D eigenvalue weighted by Gasteiger charge is 2.14. The highest BCUT2D eigenvalue weighted by molar-refractivity contribution is 5.91. The predicted molar refractivity (Wildman–Crippen MR) is 83.0 cm³/mol. The minimum Gasteiger partial charge on any atom is -0.449 e. The Hall–Kier alpha value is -2.90. The minimum absolute atomic E-state index is 0.275. The lowest BCUT2D eigenvalue weighted by molar-refractivity contribution is 0.140. The van der Waals surface area contributed by atoms with E-state index in [1.165, 1.54) is 0 Å². The van der Waals surface area contributed by atoms with Crippen LogP contribution in [0.3, 0.4) is 0 Å². The van der Waals surface area contributed by atoms with Gasteiger partial charge in [-0.25, -0.2) is 9.59 Å². The molecule has 2 N–H and O–H groups in total. The van der Waals surface area contributed by atoms with Crippen molar-refractivity contribution < 1.29 is 14.6 Å². The Morgan fingerprint density at radius 2 is 2.22 bits per heavy atom. The van der Waals surface area contributed by atoms with E-state index in [2.05, 4.69) is 26.7 Å². The molecule has 0 aliphatic rings. The van der Waals surface area contributed by atoms with Crippen molar-refractivity contribution in [2.75, 3.05) is 0 Å². The molecule has 0 radical (unpaired) electrons. The smallest absolute Gasteiger partial charge is 0.449 e. The first kappa shape index (κ1) is 15.0. The third-order valence-corrected chi connectivity index (χ3v) is 3.59. The number of aromatic nitrogens is 4. The number of rotatable bonds is 5. The lowest BCUT2D eigenvalue weighted by atomic mass is 10.1. The predicted octanol–water partition coefficient (Wildman–Crippen LogP) is 2.36. The number of unbranched alkanes of at least 4 members (excludes halogenated alkanes) is 2. The van der Waals surface area contributed by atoms with E-state index >= 15 is 0 Å². The standard InChI is InChI=1S/C15H16N4O4/c1-2-3-4-5-9-6-7-11-10(8-9)12-17-13(23-15(21)22)18-19(12)14(20)16-11/h6-8H,2-5H2,1H3,(H,16,20)(H,21,22). The molecule has 3 rings (SSSR count). The first-order valence-electron chi connectivity index (χ1n) is 7.41. The topological polar surface area (TPSA) is 110 Å². The summed E-state index contributed by atoms with van der Waals surface area (Å²) in [4.78, 5) is 29.3. The van der Waals surface area contributed by atoms with Gasteiger partial charge in [-0.2, -0.15) is 9.50 Å². The van der Waals surface area contributed by atoms with Gasteiger partial charge < -0.3 is 14.8 Å². The Morgan fingerprint density at radius 3 is 2.96 bits per heavy atom. The number of ether oxygens (including phenoxy) is 1. The molecule has 0 aliphatic carbocycles. The van der Waals surface area contributed by atoms with E-state index < -0.39 is 11.8 Å². The fraction of sp³-hybridized carbons (Fsp3) is 0.333. The summed E-state index contributed by atoms with van der Waals surface area (Å²) < 4.78 is 5.44. The van der Waals surface area contributed by atoms with Crippen molar-refractivity contribution in [3.8, 4) is 6.01 Å². The van der Waals surface area contributed by atoms with E-state index in [1.54, 1.807) is 0 Å². The quantitative estimate of drug-likeness (QED) is 0.552. The largest absolute Gasteiger partial charge is 0.513 e. The van der Waals surface area contributed by atoms with Crippen LogP contribution in [0.15, 0.2) is 23.0 Å². The Morgan fingerprint density at radius 1 is 1.39 bits per heavy atom. The van der Waals surface area contributed by atoms with Gasteiger partial charge in [-0.1, -0.05) is 25.8 Å². The second-order valence-electron chi connectivity index (χ2n) is 5.26. The van der Waals surface area contributed by atoms with Crippen molar-refractivity contribution in [3.63, 3.8) is 0 Å². The molecule has 0 aliphatic heterocycles. The number of benzene rings is 1. The number of nitrogens with one attached hydrogen (secondary N) is 1. The SMILES string of the molecule is CCCCCc1ccc2[nH]c(=O)n3nc(OC(=O)O)nc3c2c1. The fourth-order valence-electron chi connectivity index (χ4n) is 2.52. The lowest BCUT2D eigenvalue weighted by Gasteiger charge is -2.04. The molecule has 0 bridgehead atoms. The molecular weight excluding hydrogens is 300 g/mol. The molecule has 0 saturated heterocycles. The number of hydrogen-bond acceptors (Lipinski definition) is 5. The molecule has 3 aromatic rings. The van der Waals surface area contributed by atoms with Crippen LogP contribution in [0.2, 0.25) is 0 Å². The van der Waals surface area contributed by atoms with Gasteiger partial charge in [-0.3, -0.25) is 0 Å². The highest BCUT2D eigenvalue weighted by atomic mass is 16.7. The molecule has 0 unspecified atom stereocenters. The van der Waals surface area contributed by atoms with E-state index in [1.807, 2.05) is 18.2 Å². The molecular formula is C15H16N4O4. The summed E-state index contributed by atoms with van der Waals surface area (Å²) in [7, 11) is 0. The maximum atomic E-state index is 12.0. The average Bonchev–Trinajstić information content (AvgIpc) is 2.92. The first-order chi connectivity index (χ1) is 11.1. The van der Waals surface area contributed by atoms with Crippen LogP contribution in [0.1, 0.15) is 31.7 Å². The fourth-order valence-corrected chi connectivity index (χ4v) is 2.52. The van der Waals surface area contributed by atoms with Gasteiger partial charge in [0.05, 0.1) is 5.52 Å². The molecule has 1 aromatic carbocycles. The number of carboxylic acid groups (broad SMARTS) is 1. The lowest BCUT2D eigenvalue weighted by Crippen LogP contribution is -2.17. The van der Waals surface area contributed by atoms with Crippen molar-refractivity contribution in [2.24, 2.45) is 0 Å². The van der Waals surface area contributed by atoms with E-state index in [-0.39, 0.29) is 11.7 Å². The summed E-state index contributed by atoms with van der Waals surface area (Å²) in [5.74, 6) is 0. The Bertz CT molecular complexity index is 928. The Labute approximate surface area is 130 Å². The van der Waals surface area contributed by atoms with Crippen molar-refractivity contribution in [1.82, 2.24) is 19.6 Å². The third kappa shape index (κ3) is 3.01. The normalized spacial score (nSPS) is 11.2. The minimum atomic E-state index is -1.53. The van der Waals surface area contributed by atoms with E-state index in [0.29, 0.717) is 10.9 Å². The van der Waals surface area contributed by atoms with Crippen LogP contribution < -0.4 is 10.4 Å². The zero-order valence-electron chi connectivity index (χ0n) is 12.6. The molecule has 2 aromatic heterocycles. The van der Waals surface area contributed by atoms with Crippen LogP contribution in [0, 0.1) is 0 Å². The number of fused-ring (bicyclic) bond motifs is 3. The molecule has 0 spiro atoms. The summed E-state index contributed by atoms with van der Waals surface area (Å²) in [6.07, 6.45) is 2.79.